The number of nitrogens with one attached hydrogen (secondary N) is 1. The number of likely N-dealkylation sites (tertiary alicyclic amines) is 1. The number of aromatic nitrogens is 2. The van der Waals surface area contributed by atoms with E-state index in [2.05, 4.69) is 20.2 Å². The first-order valence-corrected chi connectivity index (χ1v) is 10.5. The molecule has 1 aromatic heterocycles. The molecule has 8 nitrogen and oxygen atoms in total. The Morgan fingerprint density at radius 1 is 1.32 bits per heavy atom. The topological polar surface area (TPSA) is 87.7 Å². The first-order valence-electron chi connectivity index (χ1n) is 10.5. The van der Waals surface area contributed by atoms with Crippen LogP contribution in [0.4, 0.5) is 0 Å². The van der Waals surface area contributed by atoms with E-state index in [1.54, 1.807) is 32.3 Å². The Bertz CT molecular complexity index is 931. The van der Waals surface area contributed by atoms with Crippen LogP contribution in [-0.4, -0.2) is 72.4 Å². The fourth-order valence-corrected chi connectivity index (χ4v) is 3.71. The molecule has 2 aromatic rings. The minimum absolute atomic E-state index is 0.0980. The molecule has 2 amide bonds. The molecule has 1 saturated heterocycles. The molecule has 1 fully saturated rings. The molecule has 31 heavy (non-hydrogen) atoms. The van der Waals surface area contributed by atoms with Gasteiger partial charge in [0.2, 0.25) is 5.91 Å². The maximum atomic E-state index is 12.6. The minimum atomic E-state index is -0.200. The van der Waals surface area contributed by atoms with Gasteiger partial charge in [-0.3, -0.25) is 14.5 Å². The second-order valence-corrected chi connectivity index (χ2v) is 8.12. The van der Waals surface area contributed by atoms with Gasteiger partial charge in [-0.05, 0) is 44.0 Å². The Balaban J connectivity index is 1.62. The monoisotopic (exact) mass is 425 g/mol. The molecule has 0 spiro atoms. The molecule has 0 saturated carbocycles. The summed E-state index contributed by atoms with van der Waals surface area (Å²) in [5.41, 5.74) is 2.09. The van der Waals surface area contributed by atoms with E-state index < -0.39 is 0 Å². The SMILES string of the molecule is COc1cccc(CNC(=O)c2cnc(C3CCCN(CC(=O)N(C)C)C3)nc2C)c1. The number of benzene rings is 1. The maximum absolute atomic E-state index is 12.6. The largest absolute Gasteiger partial charge is 0.497 e. The second kappa shape index (κ2) is 10.3. The van der Waals surface area contributed by atoms with Crippen LogP contribution in [0.3, 0.4) is 0 Å². The highest BCUT2D eigenvalue weighted by Crippen LogP contribution is 2.25. The molecule has 0 bridgehead atoms. The molecule has 1 aliphatic heterocycles. The van der Waals surface area contributed by atoms with Crippen LogP contribution in [0.1, 0.15) is 46.2 Å². The second-order valence-electron chi connectivity index (χ2n) is 8.12. The van der Waals surface area contributed by atoms with Crippen LogP contribution < -0.4 is 10.1 Å². The molecule has 3 rings (SSSR count). The van der Waals surface area contributed by atoms with Gasteiger partial charge in [0.1, 0.15) is 11.6 Å². The number of hydrogen-bond acceptors (Lipinski definition) is 6. The average molecular weight is 426 g/mol. The summed E-state index contributed by atoms with van der Waals surface area (Å²) in [6.07, 6.45) is 3.59. The Kier molecular flexibility index (Phi) is 7.57. The summed E-state index contributed by atoms with van der Waals surface area (Å²) in [7, 11) is 5.16. The van der Waals surface area contributed by atoms with Crippen molar-refractivity contribution >= 4 is 11.8 Å². The Morgan fingerprint density at radius 2 is 2.13 bits per heavy atom. The van der Waals surface area contributed by atoms with Crippen LogP contribution in [0.15, 0.2) is 30.5 Å². The van der Waals surface area contributed by atoms with Crippen molar-refractivity contribution in [2.45, 2.75) is 32.2 Å². The number of ether oxygens (including phenoxy) is 1. The highest BCUT2D eigenvalue weighted by molar-refractivity contribution is 5.94. The van der Waals surface area contributed by atoms with Crippen LogP contribution in [0.25, 0.3) is 0 Å². The first kappa shape index (κ1) is 22.7. The standard InChI is InChI=1S/C23H31N5O3/c1-16-20(23(30)25-12-17-7-5-9-19(11-17)31-4)13-24-22(26-16)18-8-6-10-28(14-18)15-21(29)27(2)3/h5,7,9,11,13,18H,6,8,10,12,14-15H2,1-4H3,(H,25,30). The van der Waals surface area contributed by atoms with Crippen molar-refractivity contribution in [3.8, 4) is 5.75 Å². The van der Waals surface area contributed by atoms with Crippen LogP contribution in [0.2, 0.25) is 0 Å². The van der Waals surface area contributed by atoms with Gasteiger partial charge in [-0.2, -0.15) is 0 Å². The van der Waals surface area contributed by atoms with E-state index in [1.165, 1.54) is 0 Å². The maximum Gasteiger partial charge on any atom is 0.254 e. The quantitative estimate of drug-likeness (QED) is 0.730. The van der Waals surface area contributed by atoms with Gasteiger partial charge in [-0.15, -0.1) is 0 Å². The number of rotatable bonds is 7. The van der Waals surface area contributed by atoms with Crippen LogP contribution >= 0.6 is 0 Å². The molecular weight excluding hydrogens is 394 g/mol. The van der Waals surface area contributed by atoms with Gasteiger partial charge in [0, 0.05) is 39.3 Å². The van der Waals surface area contributed by atoms with Crippen molar-refractivity contribution in [3.63, 3.8) is 0 Å². The third-order valence-electron chi connectivity index (χ3n) is 5.56. The molecule has 1 N–H and O–H groups in total. The van der Waals surface area contributed by atoms with Crippen molar-refractivity contribution in [2.75, 3.05) is 40.8 Å². The third kappa shape index (κ3) is 6.01. The fraction of sp³-hybridized carbons (Fsp3) is 0.478. The van der Waals surface area contributed by atoms with E-state index in [1.807, 2.05) is 31.2 Å². The van der Waals surface area contributed by atoms with Gasteiger partial charge in [-0.25, -0.2) is 9.97 Å². The zero-order valence-electron chi connectivity index (χ0n) is 18.7. The van der Waals surface area contributed by atoms with Crippen LogP contribution in [0.5, 0.6) is 5.75 Å². The Labute approximate surface area is 183 Å². The molecule has 166 valence electrons. The molecule has 0 aliphatic carbocycles. The molecule has 0 radical (unpaired) electrons. The van der Waals surface area contributed by atoms with E-state index in [9.17, 15) is 9.59 Å². The Morgan fingerprint density at radius 3 is 2.84 bits per heavy atom. The zero-order valence-corrected chi connectivity index (χ0v) is 18.7. The predicted molar refractivity (Wildman–Crippen MR) is 118 cm³/mol. The number of nitrogens with zero attached hydrogens (tertiary/aromatic N) is 4. The smallest absolute Gasteiger partial charge is 0.254 e. The predicted octanol–water partition coefficient (Wildman–Crippen LogP) is 1.99. The average Bonchev–Trinajstić information content (AvgIpc) is 2.77. The van der Waals surface area contributed by atoms with Crippen molar-refractivity contribution in [1.29, 1.82) is 0 Å². The number of hydrogen-bond donors (Lipinski definition) is 1. The lowest BCUT2D eigenvalue weighted by molar-refractivity contribution is -0.130. The summed E-state index contributed by atoms with van der Waals surface area (Å²) in [6, 6.07) is 7.58. The number of carbonyl (C=O) groups is 2. The number of carbonyl (C=O) groups excluding carboxylic acids is 2. The van der Waals surface area contributed by atoms with E-state index in [4.69, 9.17) is 4.74 Å². The van der Waals surface area contributed by atoms with Gasteiger partial charge in [0.25, 0.3) is 5.91 Å². The molecule has 8 heteroatoms. The molecule has 2 heterocycles. The van der Waals surface area contributed by atoms with Crippen LogP contribution in [-0.2, 0) is 11.3 Å². The van der Waals surface area contributed by atoms with E-state index in [0.29, 0.717) is 24.3 Å². The number of piperidine rings is 1. The third-order valence-corrected chi connectivity index (χ3v) is 5.56. The fourth-order valence-electron chi connectivity index (χ4n) is 3.71. The summed E-state index contributed by atoms with van der Waals surface area (Å²) in [4.78, 5) is 37.6. The van der Waals surface area contributed by atoms with E-state index in [-0.39, 0.29) is 17.7 Å². The van der Waals surface area contributed by atoms with Crippen molar-refractivity contribution in [2.24, 2.45) is 0 Å². The van der Waals surface area contributed by atoms with Crippen molar-refractivity contribution < 1.29 is 14.3 Å². The molecular formula is C23H31N5O3. The Hall–Kier alpha value is -3.00. The first-order chi connectivity index (χ1) is 14.9. The van der Waals surface area contributed by atoms with Crippen LogP contribution in [0, 0.1) is 6.92 Å². The molecule has 1 unspecified atom stereocenters. The summed E-state index contributed by atoms with van der Waals surface area (Å²) in [5, 5.41) is 2.92. The van der Waals surface area contributed by atoms with Gasteiger partial charge >= 0.3 is 0 Å². The lowest BCUT2D eigenvalue weighted by atomic mass is 9.97. The normalized spacial score (nSPS) is 16.6. The number of methoxy groups -OCH3 is 1. The lowest BCUT2D eigenvalue weighted by Gasteiger charge is -2.32. The van der Waals surface area contributed by atoms with E-state index in [0.717, 1.165) is 43.1 Å². The van der Waals surface area contributed by atoms with E-state index >= 15 is 0 Å². The zero-order chi connectivity index (χ0) is 22.4. The summed E-state index contributed by atoms with van der Waals surface area (Å²) >= 11 is 0. The highest BCUT2D eigenvalue weighted by Gasteiger charge is 2.26. The van der Waals surface area contributed by atoms with Crippen molar-refractivity contribution in [3.05, 3.63) is 53.1 Å². The minimum Gasteiger partial charge on any atom is -0.497 e. The number of aryl methyl sites for hydroxylation is 1. The lowest BCUT2D eigenvalue weighted by Crippen LogP contribution is -2.42. The molecule has 1 atom stereocenters. The summed E-state index contributed by atoms with van der Waals surface area (Å²) < 4.78 is 5.22. The molecule has 1 aromatic carbocycles. The summed E-state index contributed by atoms with van der Waals surface area (Å²) in [5.74, 6) is 1.55. The highest BCUT2D eigenvalue weighted by atomic mass is 16.5. The molecule has 1 aliphatic rings. The number of amides is 2. The number of likely N-dealkylation sites (N-methyl/N-ethyl adjacent to an activating group) is 1. The van der Waals surface area contributed by atoms with Gasteiger partial charge in [-0.1, -0.05) is 12.1 Å². The summed E-state index contributed by atoms with van der Waals surface area (Å²) in [6.45, 7) is 4.30. The van der Waals surface area contributed by atoms with Gasteiger partial charge in [0.15, 0.2) is 0 Å². The van der Waals surface area contributed by atoms with Crippen molar-refractivity contribution in [1.82, 2.24) is 25.1 Å². The van der Waals surface area contributed by atoms with Gasteiger partial charge in [0.05, 0.1) is 24.9 Å². The van der Waals surface area contributed by atoms with Gasteiger partial charge < -0.3 is 15.0 Å².